The standard InChI is InChI=1S/C11H16N4O4S/c1-7(8-2-3-8)14-20(18,19)11-6-9(15(16)17)4-5-10(11)13-12/h4-8,13-14H,2-3,12H2,1H3. The Kier molecular flexibility index (Phi) is 3.93. The molecule has 1 aromatic rings. The van der Waals surface area contributed by atoms with Gasteiger partial charge in [0, 0.05) is 18.2 Å². The van der Waals surface area contributed by atoms with E-state index in [1.165, 1.54) is 12.1 Å². The predicted octanol–water partition coefficient (Wildman–Crippen LogP) is 0.957. The first-order valence-corrected chi connectivity index (χ1v) is 7.61. The molecule has 4 N–H and O–H groups in total. The van der Waals surface area contributed by atoms with Gasteiger partial charge in [-0.3, -0.25) is 16.0 Å². The first kappa shape index (κ1) is 14.7. The van der Waals surface area contributed by atoms with Gasteiger partial charge in [0.25, 0.3) is 5.69 Å². The maximum absolute atomic E-state index is 12.3. The molecule has 1 saturated carbocycles. The summed E-state index contributed by atoms with van der Waals surface area (Å²) in [5.74, 6) is 5.60. The van der Waals surface area contributed by atoms with Crippen molar-refractivity contribution in [1.29, 1.82) is 0 Å². The fraction of sp³-hybridized carbons (Fsp3) is 0.455. The van der Waals surface area contributed by atoms with Crippen molar-refractivity contribution in [3.63, 3.8) is 0 Å². The van der Waals surface area contributed by atoms with E-state index in [2.05, 4.69) is 10.1 Å². The van der Waals surface area contributed by atoms with Gasteiger partial charge in [-0.2, -0.15) is 0 Å². The molecule has 1 unspecified atom stereocenters. The average Bonchev–Trinajstić information content (AvgIpc) is 3.21. The first-order valence-electron chi connectivity index (χ1n) is 6.12. The van der Waals surface area contributed by atoms with Crippen LogP contribution in [0.3, 0.4) is 0 Å². The molecular weight excluding hydrogens is 284 g/mol. The molecule has 1 atom stereocenters. The molecule has 1 aliphatic rings. The second-order valence-electron chi connectivity index (χ2n) is 4.83. The number of nitrogen functional groups attached to an aromatic ring is 1. The summed E-state index contributed by atoms with van der Waals surface area (Å²) in [6.07, 6.45) is 1.97. The van der Waals surface area contributed by atoms with Crippen LogP contribution < -0.4 is 16.0 Å². The maximum Gasteiger partial charge on any atom is 0.270 e. The highest BCUT2D eigenvalue weighted by atomic mass is 32.2. The van der Waals surface area contributed by atoms with Gasteiger partial charge in [0.1, 0.15) is 4.90 Å². The molecule has 1 aromatic carbocycles. The van der Waals surface area contributed by atoms with Crippen LogP contribution >= 0.6 is 0 Å². The zero-order valence-corrected chi connectivity index (χ0v) is 11.7. The number of hydrazine groups is 1. The molecule has 0 bridgehead atoms. The fourth-order valence-electron chi connectivity index (χ4n) is 1.97. The number of rotatable bonds is 6. The summed E-state index contributed by atoms with van der Waals surface area (Å²) in [6, 6.07) is 3.26. The van der Waals surface area contributed by atoms with Crippen LogP contribution in [0.5, 0.6) is 0 Å². The summed E-state index contributed by atoms with van der Waals surface area (Å²) >= 11 is 0. The number of hydrogen-bond acceptors (Lipinski definition) is 6. The molecule has 20 heavy (non-hydrogen) atoms. The summed E-state index contributed by atoms with van der Waals surface area (Å²) < 4.78 is 27.1. The van der Waals surface area contributed by atoms with Crippen molar-refractivity contribution in [3.8, 4) is 0 Å². The van der Waals surface area contributed by atoms with E-state index in [1.54, 1.807) is 6.92 Å². The highest BCUT2D eigenvalue weighted by Crippen LogP contribution is 2.34. The summed E-state index contributed by atoms with van der Waals surface area (Å²) in [5.41, 5.74) is 2.06. The van der Waals surface area contributed by atoms with E-state index in [0.717, 1.165) is 18.9 Å². The smallest absolute Gasteiger partial charge is 0.270 e. The van der Waals surface area contributed by atoms with Crippen LogP contribution in [-0.4, -0.2) is 19.4 Å². The third-order valence-electron chi connectivity index (χ3n) is 3.29. The minimum absolute atomic E-state index is 0.117. The topological polar surface area (TPSA) is 127 Å². The molecular formula is C11H16N4O4S. The Morgan fingerprint density at radius 3 is 2.60 bits per heavy atom. The molecule has 1 fully saturated rings. The third-order valence-corrected chi connectivity index (χ3v) is 4.89. The van der Waals surface area contributed by atoms with Crippen LogP contribution in [0.15, 0.2) is 23.1 Å². The number of benzene rings is 1. The first-order chi connectivity index (χ1) is 9.35. The Morgan fingerprint density at radius 2 is 2.10 bits per heavy atom. The van der Waals surface area contributed by atoms with Crippen LogP contribution in [0.1, 0.15) is 19.8 Å². The number of nitro groups is 1. The van der Waals surface area contributed by atoms with Crippen molar-refractivity contribution in [2.75, 3.05) is 5.43 Å². The quantitative estimate of drug-likeness (QED) is 0.408. The van der Waals surface area contributed by atoms with Gasteiger partial charge in [0.05, 0.1) is 10.6 Å². The van der Waals surface area contributed by atoms with Crippen molar-refractivity contribution in [1.82, 2.24) is 4.72 Å². The van der Waals surface area contributed by atoms with E-state index in [9.17, 15) is 18.5 Å². The van der Waals surface area contributed by atoms with Gasteiger partial charge in [0.2, 0.25) is 10.0 Å². The summed E-state index contributed by atoms with van der Waals surface area (Å²) in [7, 11) is -3.86. The number of nitrogens with two attached hydrogens (primary N) is 1. The largest absolute Gasteiger partial charge is 0.323 e. The highest BCUT2D eigenvalue weighted by molar-refractivity contribution is 7.89. The van der Waals surface area contributed by atoms with Crippen molar-refractivity contribution in [2.24, 2.45) is 11.8 Å². The molecule has 8 nitrogen and oxygen atoms in total. The molecule has 110 valence electrons. The number of nitrogens with zero attached hydrogens (tertiary/aromatic N) is 1. The normalized spacial score (nSPS) is 16.7. The van der Waals surface area contributed by atoms with Gasteiger partial charge in [-0.05, 0) is 31.7 Å². The lowest BCUT2D eigenvalue weighted by Crippen LogP contribution is -2.34. The SMILES string of the molecule is CC(NS(=O)(=O)c1cc([N+](=O)[O-])ccc1NN)C1CC1. The number of nitrogens with one attached hydrogen (secondary N) is 2. The molecule has 2 rings (SSSR count). The lowest BCUT2D eigenvalue weighted by molar-refractivity contribution is -0.385. The Morgan fingerprint density at radius 1 is 1.45 bits per heavy atom. The number of nitro benzene ring substituents is 1. The van der Waals surface area contributed by atoms with Gasteiger partial charge < -0.3 is 5.43 Å². The second-order valence-corrected chi connectivity index (χ2v) is 6.51. The number of non-ortho nitro benzene ring substituents is 1. The number of hydrogen-bond donors (Lipinski definition) is 3. The zero-order valence-electron chi connectivity index (χ0n) is 10.9. The van der Waals surface area contributed by atoms with E-state index in [4.69, 9.17) is 5.84 Å². The van der Waals surface area contributed by atoms with Gasteiger partial charge >= 0.3 is 0 Å². The van der Waals surface area contributed by atoms with Gasteiger partial charge in [-0.25, -0.2) is 13.1 Å². The Hall–Kier alpha value is -1.71. The summed E-state index contributed by atoms with van der Waals surface area (Å²) in [5, 5.41) is 10.8. The van der Waals surface area contributed by atoms with Crippen LogP contribution in [0.4, 0.5) is 11.4 Å². The van der Waals surface area contributed by atoms with Crippen LogP contribution in [0.25, 0.3) is 0 Å². The van der Waals surface area contributed by atoms with Gasteiger partial charge in [-0.1, -0.05) is 0 Å². The van der Waals surface area contributed by atoms with Crippen molar-refractivity contribution < 1.29 is 13.3 Å². The van der Waals surface area contributed by atoms with Gasteiger partial charge in [0.15, 0.2) is 0 Å². The van der Waals surface area contributed by atoms with Crippen molar-refractivity contribution in [3.05, 3.63) is 28.3 Å². The Bertz CT molecular complexity index is 627. The summed E-state index contributed by atoms with van der Waals surface area (Å²) in [6.45, 7) is 1.78. The lowest BCUT2D eigenvalue weighted by Gasteiger charge is -2.15. The average molecular weight is 300 g/mol. The van der Waals surface area contributed by atoms with E-state index in [-0.39, 0.29) is 22.3 Å². The van der Waals surface area contributed by atoms with E-state index in [0.29, 0.717) is 5.92 Å². The highest BCUT2D eigenvalue weighted by Gasteiger charge is 2.32. The fourth-order valence-corrected chi connectivity index (χ4v) is 3.47. The molecule has 0 aliphatic heterocycles. The minimum atomic E-state index is -3.86. The van der Waals surface area contributed by atoms with E-state index < -0.39 is 14.9 Å². The molecule has 0 heterocycles. The number of sulfonamides is 1. The third kappa shape index (κ3) is 3.06. The monoisotopic (exact) mass is 300 g/mol. The van der Waals surface area contributed by atoms with E-state index >= 15 is 0 Å². The van der Waals surface area contributed by atoms with E-state index in [1.807, 2.05) is 0 Å². The molecule has 0 aromatic heterocycles. The lowest BCUT2D eigenvalue weighted by atomic mass is 10.2. The number of anilines is 1. The zero-order chi connectivity index (χ0) is 14.9. The maximum atomic E-state index is 12.3. The van der Waals surface area contributed by atoms with Crippen LogP contribution in [-0.2, 0) is 10.0 Å². The predicted molar refractivity (Wildman–Crippen MR) is 73.4 cm³/mol. The van der Waals surface area contributed by atoms with Crippen molar-refractivity contribution >= 4 is 21.4 Å². The molecule has 0 amide bonds. The Labute approximate surface area is 116 Å². The van der Waals surface area contributed by atoms with Gasteiger partial charge in [-0.15, -0.1) is 0 Å². The molecule has 9 heteroatoms. The minimum Gasteiger partial charge on any atom is -0.323 e. The van der Waals surface area contributed by atoms with Crippen LogP contribution in [0.2, 0.25) is 0 Å². The second kappa shape index (κ2) is 5.35. The molecule has 0 radical (unpaired) electrons. The Balaban J connectivity index is 2.37. The molecule has 1 aliphatic carbocycles. The molecule has 0 spiro atoms. The molecule has 0 saturated heterocycles. The summed E-state index contributed by atoms with van der Waals surface area (Å²) in [4.78, 5) is 9.89. The van der Waals surface area contributed by atoms with Crippen LogP contribution in [0, 0.1) is 16.0 Å². The van der Waals surface area contributed by atoms with Crippen molar-refractivity contribution in [2.45, 2.75) is 30.7 Å².